The van der Waals surface area contributed by atoms with E-state index in [1.165, 1.54) is 0 Å². The van der Waals surface area contributed by atoms with Gasteiger partial charge in [0.25, 0.3) is 0 Å². The summed E-state index contributed by atoms with van der Waals surface area (Å²) in [5.74, 6) is 1.63. The van der Waals surface area contributed by atoms with Crippen LogP contribution in [0.3, 0.4) is 0 Å². The van der Waals surface area contributed by atoms with Gasteiger partial charge in [0.15, 0.2) is 10.6 Å². The van der Waals surface area contributed by atoms with Crippen molar-refractivity contribution in [2.75, 3.05) is 12.4 Å². The first kappa shape index (κ1) is 19.8. The molecule has 0 aliphatic carbocycles. The van der Waals surface area contributed by atoms with E-state index >= 15 is 0 Å². The largest absolute Gasteiger partial charge is 0.497 e. The van der Waals surface area contributed by atoms with Gasteiger partial charge in [-0.3, -0.25) is 19.8 Å². The number of rotatable bonds is 7. The molecule has 0 aliphatic rings. The number of aromatic nitrogens is 5. The second kappa shape index (κ2) is 8.50. The molecule has 0 saturated carbocycles. The first-order valence-corrected chi connectivity index (χ1v) is 10.1. The fourth-order valence-corrected chi connectivity index (χ4v) is 3.55. The molecule has 0 bridgehead atoms. The van der Waals surface area contributed by atoms with E-state index in [9.17, 15) is 4.79 Å². The predicted octanol–water partition coefficient (Wildman–Crippen LogP) is 4.01. The number of amides is 1. The van der Waals surface area contributed by atoms with Crippen molar-refractivity contribution < 1.29 is 9.53 Å². The number of carbonyl (C=O) groups excluding carboxylic acids is 1. The Morgan fingerprint density at radius 2 is 1.93 bits per heavy atom. The van der Waals surface area contributed by atoms with Gasteiger partial charge in [-0.1, -0.05) is 19.1 Å². The molecule has 8 nitrogen and oxygen atoms in total. The number of nitrogens with zero attached hydrogens (tertiary/aromatic N) is 4. The number of aryl methyl sites for hydroxylation is 1. The average molecular weight is 423 g/mol. The van der Waals surface area contributed by atoms with Crippen LogP contribution in [0.15, 0.2) is 48.5 Å². The van der Waals surface area contributed by atoms with Gasteiger partial charge in [0.1, 0.15) is 12.3 Å². The Labute approximate surface area is 178 Å². The zero-order chi connectivity index (χ0) is 21.1. The summed E-state index contributed by atoms with van der Waals surface area (Å²) in [6.45, 7) is 2.87. The van der Waals surface area contributed by atoms with Crippen LogP contribution < -0.4 is 10.1 Å². The summed E-state index contributed by atoms with van der Waals surface area (Å²) in [5.41, 5.74) is 2.67. The zero-order valence-electron chi connectivity index (χ0n) is 16.8. The van der Waals surface area contributed by atoms with Crippen molar-refractivity contribution >= 4 is 35.1 Å². The van der Waals surface area contributed by atoms with Crippen LogP contribution in [0, 0.1) is 4.77 Å². The molecule has 4 rings (SSSR count). The van der Waals surface area contributed by atoms with Gasteiger partial charge in [-0.15, -0.1) is 0 Å². The number of benzene rings is 2. The Bertz CT molecular complexity index is 1240. The minimum Gasteiger partial charge on any atom is -0.497 e. The lowest BCUT2D eigenvalue weighted by molar-refractivity contribution is -0.116. The number of imidazole rings is 1. The van der Waals surface area contributed by atoms with Crippen molar-refractivity contribution in [2.45, 2.75) is 26.4 Å². The topological polar surface area (TPSA) is 89.8 Å². The van der Waals surface area contributed by atoms with Gasteiger partial charge >= 0.3 is 0 Å². The SMILES string of the molecule is CCCn1c(NC(=O)Cn2c(-c3ccc(OC)cc3)n[nH]c2=S)nc2ccccc21. The number of para-hydroxylation sites is 2. The van der Waals surface area contributed by atoms with Gasteiger partial charge in [0.2, 0.25) is 11.9 Å². The minimum atomic E-state index is -0.227. The number of ether oxygens (including phenoxy) is 1. The number of nitrogens with one attached hydrogen (secondary N) is 2. The van der Waals surface area contributed by atoms with E-state index in [4.69, 9.17) is 17.0 Å². The van der Waals surface area contributed by atoms with Crippen LogP contribution in [-0.4, -0.2) is 37.3 Å². The molecule has 2 N–H and O–H groups in total. The molecule has 2 aromatic heterocycles. The molecule has 154 valence electrons. The number of carbonyl (C=O) groups is 1. The second-order valence-corrected chi connectivity index (χ2v) is 7.18. The molecule has 0 spiro atoms. The molecular formula is C21H22N6O2S. The monoisotopic (exact) mass is 422 g/mol. The Morgan fingerprint density at radius 1 is 1.17 bits per heavy atom. The third-order valence-electron chi connectivity index (χ3n) is 4.76. The third kappa shape index (κ3) is 3.84. The summed E-state index contributed by atoms with van der Waals surface area (Å²) in [7, 11) is 1.61. The molecule has 0 saturated heterocycles. The van der Waals surface area contributed by atoms with E-state index in [2.05, 4.69) is 27.4 Å². The summed E-state index contributed by atoms with van der Waals surface area (Å²) in [5, 5.41) is 9.99. The highest BCUT2D eigenvalue weighted by molar-refractivity contribution is 7.71. The van der Waals surface area contributed by atoms with Crippen molar-refractivity contribution in [1.29, 1.82) is 0 Å². The standard InChI is InChI=1S/C21H22N6O2S/c1-3-12-26-17-7-5-4-6-16(17)22-20(26)23-18(28)13-27-19(24-25-21(27)30)14-8-10-15(29-2)11-9-14/h4-11H,3,12-13H2,1-2H3,(H,25,30)(H,22,23,28). The van der Waals surface area contributed by atoms with Crippen LogP contribution in [0.2, 0.25) is 0 Å². The first-order valence-electron chi connectivity index (χ1n) is 9.65. The number of methoxy groups -OCH3 is 1. The van der Waals surface area contributed by atoms with Crippen LogP contribution >= 0.6 is 12.2 Å². The van der Waals surface area contributed by atoms with Crippen molar-refractivity contribution in [3.63, 3.8) is 0 Å². The Balaban J connectivity index is 1.59. The predicted molar refractivity (Wildman–Crippen MR) is 118 cm³/mol. The molecule has 0 radical (unpaired) electrons. The minimum absolute atomic E-state index is 0.0199. The third-order valence-corrected chi connectivity index (χ3v) is 5.07. The van der Waals surface area contributed by atoms with E-state index < -0.39 is 0 Å². The lowest BCUT2D eigenvalue weighted by Crippen LogP contribution is -2.21. The average Bonchev–Trinajstić information content (AvgIpc) is 3.29. The summed E-state index contributed by atoms with van der Waals surface area (Å²) in [6.07, 6.45) is 0.928. The maximum absolute atomic E-state index is 12.9. The van der Waals surface area contributed by atoms with Gasteiger partial charge in [-0.25, -0.2) is 4.98 Å². The lowest BCUT2D eigenvalue weighted by atomic mass is 10.2. The molecule has 0 fully saturated rings. The highest BCUT2D eigenvalue weighted by atomic mass is 32.1. The van der Waals surface area contributed by atoms with Crippen molar-refractivity contribution in [2.24, 2.45) is 0 Å². The quantitative estimate of drug-likeness (QED) is 0.439. The molecule has 2 heterocycles. The maximum Gasteiger partial charge on any atom is 0.246 e. The van der Waals surface area contributed by atoms with E-state index in [0.29, 0.717) is 16.5 Å². The van der Waals surface area contributed by atoms with Crippen LogP contribution in [0.4, 0.5) is 5.95 Å². The van der Waals surface area contributed by atoms with E-state index in [0.717, 1.165) is 35.3 Å². The summed E-state index contributed by atoms with van der Waals surface area (Å²) >= 11 is 5.34. The zero-order valence-corrected chi connectivity index (χ0v) is 17.6. The molecule has 2 aromatic carbocycles. The maximum atomic E-state index is 12.9. The number of hydrogen-bond acceptors (Lipinski definition) is 5. The van der Waals surface area contributed by atoms with Crippen LogP contribution in [0.25, 0.3) is 22.4 Å². The normalized spacial score (nSPS) is 11.0. The molecular weight excluding hydrogens is 400 g/mol. The first-order chi connectivity index (χ1) is 14.6. The van der Waals surface area contributed by atoms with E-state index in [1.54, 1.807) is 11.7 Å². The van der Waals surface area contributed by atoms with E-state index in [1.807, 2.05) is 53.1 Å². The van der Waals surface area contributed by atoms with Crippen molar-refractivity contribution in [1.82, 2.24) is 24.3 Å². The number of aromatic amines is 1. The Hall–Kier alpha value is -3.46. The highest BCUT2D eigenvalue weighted by Crippen LogP contribution is 2.22. The number of anilines is 1. The number of fused-ring (bicyclic) bond motifs is 1. The Morgan fingerprint density at radius 3 is 2.67 bits per heavy atom. The molecule has 4 aromatic rings. The molecule has 0 unspecified atom stereocenters. The number of H-pyrrole nitrogens is 1. The highest BCUT2D eigenvalue weighted by Gasteiger charge is 2.16. The fourth-order valence-electron chi connectivity index (χ4n) is 3.35. The molecule has 1 amide bonds. The van der Waals surface area contributed by atoms with Gasteiger partial charge in [-0.2, -0.15) is 5.10 Å². The van der Waals surface area contributed by atoms with Gasteiger partial charge in [0, 0.05) is 12.1 Å². The van der Waals surface area contributed by atoms with Gasteiger partial charge in [0.05, 0.1) is 18.1 Å². The second-order valence-electron chi connectivity index (χ2n) is 6.79. The smallest absolute Gasteiger partial charge is 0.246 e. The molecule has 9 heteroatoms. The van der Waals surface area contributed by atoms with Crippen LogP contribution in [-0.2, 0) is 17.9 Å². The molecule has 0 atom stereocenters. The Kier molecular flexibility index (Phi) is 5.62. The summed E-state index contributed by atoms with van der Waals surface area (Å²) < 4.78 is 9.26. The van der Waals surface area contributed by atoms with Crippen molar-refractivity contribution in [3.8, 4) is 17.1 Å². The van der Waals surface area contributed by atoms with Gasteiger partial charge in [-0.05, 0) is 55.0 Å². The fraction of sp³-hybridized carbons (Fsp3) is 0.238. The molecule has 0 aliphatic heterocycles. The summed E-state index contributed by atoms with van der Waals surface area (Å²) in [4.78, 5) is 17.4. The lowest BCUT2D eigenvalue weighted by Gasteiger charge is -2.10. The van der Waals surface area contributed by atoms with E-state index in [-0.39, 0.29) is 12.5 Å². The van der Waals surface area contributed by atoms with Crippen LogP contribution in [0.5, 0.6) is 5.75 Å². The molecule has 30 heavy (non-hydrogen) atoms. The summed E-state index contributed by atoms with van der Waals surface area (Å²) in [6, 6.07) is 15.3. The van der Waals surface area contributed by atoms with Crippen LogP contribution in [0.1, 0.15) is 13.3 Å². The number of hydrogen-bond donors (Lipinski definition) is 2. The van der Waals surface area contributed by atoms with Gasteiger partial charge < -0.3 is 9.30 Å². The van der Waals surface area contributed by atoms with Crippen molar-refractivity contribution in [3.05, 3.63) is 53.3 Å².